The fourth-order valence-electron chi connectivity index (χ4n) is 4.55. The summed E-state index contributed by atoms with van der Waals surface area (Å²) in [6.07, 6.45) is 1.77. The maximum absolute atomic E-state index is 13.4. The summed E-state index contributed by atoms with van der Waals surface area (Å²) >= 11 is 0.291. The highest BCUT2D eigenvalue weighted by atomic mass is 32.2. The van der Waals surface area contributed by atoms with Gasteiger partial charge in [0.1, 0.15) is 10.4 Å². The first-order valence-corrected chi connectivity index (χ1v) is 14.6. The van der Waals surface area contributed by atoms with Gasteiger partial charge in [-0.1, -0.05) is 11.3 Å². The van der Waals surface area contributed by atoms with E-state index in [1.807, 2.05) is 11.0 Å². The molecule has 0 spiro atoms. The van der Waals surface area contributed by atoms with E-state index in [-0.39, 0.29) is 21.6 Å². The highest BCUT2D eigenvalue weighted by molar-refractivity contribution is 7.89. The fraction of sp³-hybridized carbons (Fsp3) is 0.333. The largest absolute Gasteiger partial charge is 0.445 e. The van der Waals surface area contributed by atoms with Crippen LogP contribution in [-0.2, 0) is 16.2 Å². The smallest absolute Gasteiger partial charge is 0.366 e. The average molecular weight is 604 g/mol. The van der Waals surface area contributed by atoms with Crippen molar-refractivity contribution in [1.29, 1.82) is 5.26 Å². The Labute approximate surface area is 235 Å². The van der Waals surface area contributed by atoms with Crippen LogP contribution in [0.2, 0.25) is 0 Å². The third kappa shape index (κ3) is 5.09. The molecule has 1 N–H and O–H groups in total. The van der Waals surface area contributed by atoms with E-state index in [4.69, 9.17) is 0 Å². The molecule has 17 heteroatoms. The molecule has 6 rings (SSSR count). The molecular weight excluding hydrogens is 583 g/mol. The average Bonchev–Trinajstić information content (AvgIpc) is 3.33. The third-order valence-corrected chi connectivity index (χ3v) is 9.36. The number of hydrogen-bond donors (Lipinski definition) is 1. The van der Waals surface area contributed by atoms with Gasteiger partial charge >= 0.3 is 6.18 Å². The van der Waals surface area contributed by atoms with E-state index in [1.54, 1.807) is 17.0 Å². The number of carbonyl (C=O) groups excluding carboxylic acids is 1. The molecule has 1 amide bonds. The maximum atomic E-state index is 13.4. The van der Waals surface area contributed by atoms with Gasteiger partial charge < -0.3 is 9.80 Å². The summed E-state index contributed by atoms with van der Waals surface area (Å²) in [5, 5.41) is 15.0. The topological polar surface area (TPSA) is 149 Å². The molecule has 4 aromatic rings. The Kier molecular flexibility index (Phi) is 6.43. The number of nitrogens with zero attached hydrogens (tertiary/aromatic N) is 8. The van der Waals surface area contributed by atoms with E-state index < -0.39 is 26.7 Å². The summed E-state index contributed by atoms with van der Waals surface area (Å²) in [6, 6.07) is 6.68. The van der Waals surface area contributed by atoms with E-state index in [1.165, 1.54) is 35.3 Å². The van der Waals surface area contributed by atoms with Crippen molar-refractivity contribution >= 4 is 38.5 Å². The van der Waals surface area contributed by atoms with Crippen LogP contribution in [0.4, 0.5) is 18.9 Å². The van der Waals surface area contributed by atoms with Crippen LogP contribution in [0, 0.1) is 11.3 Å². The summed E-state index contributed by atoms with van der Waals surface area (Å²) < 4.78 is 70.2. The molecular formula is C24H20F3N9O3S2. The van der Waals surface area contributed by atoms with Crippen LogP contribution in [0.25, 0.3) is 16.3 Å². The summed E-state index contributed by atoms with van der Waals surface area (Å²) in [4.78, 5) is 24.5. The van der Waals surface area contributed by atoms with Gasteiger partial charge in [0.15, 0.2) is 10.8 Å². The molecule has 1 saturated heterocycles. The lowest BCUT2D eigenvalue weighted by atomic mass is 10.2. The highest BCUT2D eigenvalue weighted by Crippen LogP contribution is 2.38. The molecule has 4 aromatic heterocycles. The van der Waals surface area contributed by atoms with E-state index >= 15 is 0 Å². The van der Waals surface area contributed by atoms with Gasteiger partial charge in [-0.3, -0.25) is 14.2 Å². The summed E-state index contributed by atoms with van der Waals surface area (Å²) in [5.74, 6) is -0.174. The zero-order valence-electron chi connectivity index (χ0n) is 21.0. The Morgan fingerprint density at radius 1 is 1.12 bits per heavy atom. The van der Waals surface area contributed by atoms with Crippen LogP contribution in [0.3, 0.4) is 0 Å². The monoisotopic (exact) mass is 603 g/mol. The molecule has 1 saturated carbocycles. The van der Waals surface area contributed by atoms with Crippen LogP contribution in [-0.4, -0.2) is 75.5 Å². The Morgan fingerprint density at radius 3 is 2.44 bits per heavy atom. The minimum atomic E-state index is -4.70. The van der Waals surface area contributed by atoms with E-state index in [2.05, 4.69) is 24.9 Å². The number of fused-ring (bicyclic) bond motifs is 1. The molecule has 0 bridgehead atoms. The number of pyridine rings is 2. The van der Waals surface area contributed by atoms with Crippen LogP contribution in [0.5, 0.6) is 0 Å². The number of alkyl halides is 3. The number of sulfonamides is 1. The molecule has 0 aromatic carbocycles. The molecule has 5 heterocycles. The molecule has 2 aliphatic rings. The van der Waals surface area contributed by atoms with Crippen molar-refractivity contribution < 1.29 is 26.4 Å². The summed E-state index contributed by atoms with van der Waals surface area (Å²) in [6.45, 7) is 1.38. The van der Waals surface area contributed by atoms with Crippen molar-refractivity contribution in [2.24, 2.45) is 0 Å². The molecule has 0 radical (unpaired) electrons. The van der Waals surface area contributed by atoms with Gasteiger partial charge in [0.05, 0.1) is 23.5 Å². The number of rotatable bonds is 6. The predicted molar refractivity (Wildman–Crippen MR) is 139 cm³/mol. The Bertz CT molecular complexity index is 1790. The van der Waals surface area contributed by atoms with Crippen LogP contribution in [0.1, 0.15) is 28.2 Å². The second kappa shape index (κ2) is 9.75. The van der Waals surface area contributed by atoms with Crippen molar-refractivity contribution in [3.63, 3.8) is 0 Å². The van der Waals surface area contributed by atoms with Gasteiger partial charge in [0.25, 0.3) is 5.91 Å². The Balaban J connectivity index is 1.38. The standard InChI is InChI=1S/C24H20F3N9O3S2/c25-24(26,27)22-32-31-20(40-22)19-30-12-18-17(11-16(13-36(18)19)41(38,39)33-23(14-28)3-4-23)34-7-9-35(10-8-34)21(37)15-1-5-29-6-2-15/h1-2,5-6,11-13,33H,3-4,7-10H2. The first-order valence-electron chi connectivity index (χ1n) is 12.3. The van der Waals surface area contributed by atoms with Crippen molar-refractivity contribution in [1.82, 2.24) is 34.2 Å². The molecule has 0 unspecified atom stereocenters. The number of carbonyl (C=O) groups is 1. The maximum Gasteiger partial charge on any atom is 0.445 e. The minimum Gasteiger partial charge on any atom is -0.366 e. The summed E-state index contributed by atoms with van der Waals surface area (Å²) in [7, 11) is -4.21. The zero-order valence-corrected chi connectivity index (χ0v) is 22.7. The van der Waals surface area contributed by atoms with E-state index in [0.717, 1.165) is 0 Å². The van der Waals surface area contributed by atoms with Gasteiger partial charge in [0, 0.05) is 50.3 Å². The molecule has 41 heavy (non-hydrogen) atoms. The second-order valence-electron chi connectivity index (χ2n) is 9.62. The number of piperazine rings is 1. The number of aromatic nitrogens is 5. The van der Waals surface area contributed by atoms with Gasteiger partial charge in [-0.25, -0.2) is 13.4 Å². The van der Waals surface area contributed by atoms with Gasteiger partial charge in [-0.2, -0.15) is 23.2 Å². The SMILES string of the molecule is N#CC1(NS(=O)(=O)c2cc(N3CCN(C(=O)c4ccncc4)CC3)c3cnc(-c4nnc(C(F)(F)F)s4)n3c2)CC1. The number of amides is 1. The first kappa shape index (κ1) is 27.1. The van der Waals surface area contributed by atoms with Crippen molar-refractivity contribution in [2.75, 3.05) is 31.1 Å². The van der Waals surface area contributed by atoms with Gasteiger partial charge in [-0.15, -0.1) is 10.2 Å². The number of nitriles is 1. The van der Waals surface area contributed by atoms with Gasteiger partial charge in [0.2, 0.25) is 15.0 Å². The van der Waals surface area contributed by atoms with Crippen molar-refractivity contribution in [2.45, 2.75) is 29.5 Å². The Morgan fingerprint density at radius 2 is 1.83 bits per heavy atom. The number of hydrogen-bond acceptors (Lipinski definition) is 10. The lowest BCUT2D eigenvalue weighted by Gasteiger charge is -2.36. The molecule has 0 atom stereocenters. The zero-order chi connectivity index (χ0) is 29.0. The van der Waals surface area contributed by atoms with E-state index in [9.17, 15) is 31.6 Å². The molecule has 2 fully saturated rings. The van der Waals surface area contributed by atoms with Crippen LogP contribution >= 0.6 is 11.3 Å². The quantitative estimate of drug-likeness (QED) is 0.351. The number of nitrogens with one attached hydrogen (secondary N) is 1. The number of anilines is 1. The minimum absolute atomic E-state index is 0.0146. The summed E-state index contributed by atoms with van der Waals surface area (Å²) in [5.41, 5.74) is 0.186. The Hall–Kier alpha value is -4.14. The number of halogens is 3. The van der Waals surface area contributed by atoms with Crippen LogP contribution in [0.15, 0.2) is 47.9 Å². The van der Waals surface area contributed by atoms with Crippen LogP contribution < -0.4 is 9.62 Å². The molecule has 1 aliphatic heterocycles. The normalized spacial score (nSPS) is 17.0. The molecule has 12 nitrogen and oxygen atoms in total. The third-order valence-electron chi connectivity index (χ3n) is 6.89. The molecule has 1 aliphatic carbocycles. The van der Waals surface area contributed by atoms with Gasteiger partial charge in [-0.05, 0) is 31.0 Å². The predicted octanol–water partition coefficient (Wildman–Crippen LogP) is 2.56. The molecule has 212 valence electrons. The van der Waals surface area contributed by atoms with Crippen molar-refractivity contribution in [3.05, 3.63) is 53.6 Å². The second-order valence-corrected chi connectivity index (χ2v) is 12.3. The highest BCUT2D eigenvalue weighted by Gasteiger charge is 2.47. The lowest BCUT2D eigenvalue weighted by Crippen LogP contribution is -2.49. The van der Waals surface area contributed by atoms with Crippen molar-refractivity contribution in [3.8, 4) is 16.9 Å². The lowest BCUT2D eigenvalue weighted by molar-refractivity contribution is -0.138. The number of imidazole rings is 1. The first-order chi connectivity index (χ1) is 19.5. The van der Waals surface area contributed by atoms with E-state index in [0.29, 0.717) is 67.1 Å². The fourth-order valence-corrected chi connectivity index (χ4v) is 6.64.